The van der Waals surface area contributed by atoms with Gasteiger partial charge in [-0.2, -0.15) is 23.4 Å². The lowest BCUT2D eigenvalue weighted by Gasteiger charge is -2.19. The number of benzene rings is 1. The Morgan fingerprint density at radius 2 is 1.90 bits per heavy atom. The van der Waals surface area contributed by atoms with Crippen LogP contribution in [0.15, 0.2) is 52.6 Å². The third-order valence-electron chi connectivity index (χ3n) is 6.36. The van der Waals surface area contributed by atoms with Crippen molar-refractivity contribution in [3.63, 3.8) is 0 Å². The van der Waals surface area contributed by atoms with Crippen molar-refractivity contribution < 1.29 is 17.6 Å². The SMILES string of the molecule is C[C@@H](CCCn1ccc2cc(-c3ncc4cn[nH]c4n3)c(F)cc2c1=O)Nc1cnn(C)c(=O)c1C(F)(F)F. The van der Waals surface area contributed by atoms with Gasteiger partial charge in [0.25, 0.3) is 11.1 Å². The zero-order valence-corrected chi connectivity index (χ0v) is 20.8. The molecule has 0 aliphatic heterocycles. The largest absolute Gasteiger partial charge is 0.423 e. The maximum Gasteiger partial charge on any atom is 0.423 e. The number of aryl methyl sites for hydroxylation is 2. The molecule has 14 heteroatoms. The predicted octanol–water partition coefficient (Wildman–Crippen LogP) is 3.87. The van der Waals surface area contributed by atoms with Crippen molar-refractivity contribution in [3.05, 3.63) is 75.1 Å². The number of fused-ring (bicyclic) bond motifs is 2. The first-order chi connectivity index (χ1) is 18.5. The number of hydrogen-bond acceptors (Lipinski definition) is 7. The third-order valence-corrected chi connectivity index (χ3v) is 6.36. The number of anilines is 1. The normalized spacial score (nSPS) is 12.8. The Morgan fingerprint density at radius 3 is 2.67 bits per heavy atom. The molecule has 2 N–H and O–H groups in total. The fourth-order valence-corrected chi connectivity index (χ4v) is 4.35. The van der Waals surface area contributed by atoms with Crippen LogP contribution in [-0.4, -0.2) is 40.6 Å². The van der Waals surface area contributed by atoms with Crippen molar-refractivity contribution in [1.29, 1.82) is 0 Å². The summed E-state index contributed by atoms with van der Waals surface area (Å²) >= 11 is 0. The van der Waals surface area contributed by atoms with Crippen LogP contribution in [0.3, 0.4) is 0 Å². The summed E-state index contributed by atoms with van der Waals surface area (Å²) in [5, 5.41) is 14.3. The molecule has 4 aromatic heterocycles. The molecule has 4 heterocycles. The lowest BCUT2D eigenvalue weighted by atomic mass is 10.1. The van der Waals surface area contributed by atoms with Crippen molar-refractivity contribution >= 4 is 27.5 Å². The van der Waals surface area contributed by atoms with Gasteiger partial charge in [-0.05, 0) is 43.4 Å². The fourth-order valence-electron chi connectivity index (χ4n) is 4.35. The maximum absolute atomic E-state index is 15.0. The van der Waals surface area contributed by atoms with Crippen molar-refractivity contribution in [2.75, 3.05) is 5.32 Å². The number of alkyl halides is 3. The molecule has 1 aromatic carbocycles. The zero-order valence-electron chi connectivity index (χ0n) is 20.8. The summed E-state index contributed by atoms with van der Waals surface area (Å²) in [6, 6.07) is 3.88. The molecule has 0 saturated carbocycles. The van der Waals surface area contributed by atoms with Gasteiger partial charge in [0.15, 0.2) is 11.5 Å². The number of nitrogens with one attached hydrogen (secondary N) is 2. The fraction of sp³-hybridized carbons (Fsp3) is 0.280. The van der Waals surface area contributed by atoms with E-state index in [1.54, 1.807) is 25.4 Å². The predicted molar refractivity (Wildman–Crippen MR) is 136 cm³/mol. The molecule has 5 rings (SSSR count). The summed E-state index contributed by atoms with van der Waals surface area (Å²) in [6.07, 6.45) is 1.60. The van der Waals surface area contributed by atoms with Crippen LogP contribution in [0.25, 0.3) is 33.2 Å². The van der Waals surface area contributed by atoms with E-state index in [0.29, 0.717) is 33.9 Å². The van der Waals surface area contributed by atoms with Gasteiger partial charge in [-0.25, -0.2) is 19.0 Å². The van der Waals surface area contributed by atoms with E-state index in [1.807, 2.05) is 0 Å². The summed E-state index contributed by atoms with van der Waals surface area (Å²) in [4.78, 5) is 33.5. The highest BCUT2D eigenvalue weighted by molar-refractivity contribution is 5.86. The minimum atomic E-state index is -4.84. The molecular weight excluding hydrogens is 520 g/mol. The van der Waals surface area contributed by atoms with Crippen LogP contribution in [0.1, 0.15) is 25.3 Å². The number of aromatic amines is 1. The first kappa shape index (κ1) is 26.0. The molecule has 10 nitrogen and oxygen atoms in total. The van der Waals surface area contributed by atoms with Crippen LogP contribution in [-0.2, 0) is 19.8 Å². The number of halogens is 4. The smallest absolute Gasteiger partial charge is 0.381 e. The monoisotopic (exact) mass is 542 g/mol. The van der Waals surface area contributed by atoms with Crippen LogP contribution >= 0.6 is 0 Å². The molecule has 0 unspecified atom stereocenters. The Balaban J connectivity index is 1.31. The molecule has 39 heavy (non-hydrogen) atoms. The number of nitrogens with zero attached hydrogens (tertiary/aromatic N) is 6. The molecule has 0 bridgehead atoms. The average molecular weight is 542 g/mol. The van der Waals surface area contributed by atoms with Crippen LogP contribution in [0, 0.1) is 5.82 Å². The maximum atomic E-state index is 15.0. The third kappa shape index (κ3) is 5.09. The van der Waals surface area contributed by atoms with E-state index in [1.165, 1.54) is 16.8 Å². The van der Waals surface area contributed by atoms with E-state index in [2.05, 4.69) is 30.6 Å². The second-order valence-electron chi connectivity index (χ2n) is 9.15. The standard InChI is InChI=1S/C25H22F4N8O2/c1-13(33-19-12-32-36(2)24(39)20(19)25(27,28)29)4-3-6-37-7-5-14-8-17(18(26)9-16(14)23(37)38)22-30-10-15-11-31-35-21(15)34-22/h5,7-13,33H,3-4,6H2,1-2H3,(H,30,31,34,35)/t13-/m0/s1. The number of hydrogen-bond donors (Lipinski definition) is 2. The van der Waals surface area contributed by atoms with E-state index in [-0.39, 0.29) is 23.3 Å². The van der Waals surface area contributed by atoms with E-state index >= 15 is 4.39 Å². The lowest BCUT2D eigenvalue weighted by molar-refractivity contribution is -0.138. The first-order valence-electron chi connectivity index (χ1n) is 11.9. The molecule has 1 atom stereocenters. The highest BCUT2D eigenvalue weighted by atomic mass is 19.4. The second-order valence-corrected chi connectivity index (χ2v) is 9.15. The van der Waals surface area contributed by atoms with E-state index in [4.69, 9.17) is 0 Å². The molecule has 0 amide bonds. The summed E-state index contributed by atoms with van der Waals surface area (Å²) < 4.78 is 57.3. The Labute approximate surface area is 217 Å². The summed E-state index contributed by atoms with van der Waals surface area (Å²) in [5.41, 5.74) is -2.76. The van der Waals surface area contributed by atoms with Crippen molar-refractivity contribution in [2.45, 2.75) is 38.5 Å². The molecule has 0 spiro atoms. The molecule has 0 saturated heterocycles. The topological polar surface area (TPSA) is 123 Å². The Hall–Kier alpha value is -4.62. The Kier molecular flexibility index (Phi) is 6.62. The van der Waals surface area contributed by atoms with Gasteiger partial charge in [0, 0.05) is 32.0 Å². The number of rotatable bonds is 7. The van der Waals surface area contributed by atoms with Crippen molar-refractivity contribution in [2.24, 2.45) is 7.05 Å². The van der Waals surface area contributed by atoms with Gasteiger partial charge in [0.1, 0.15) is 11.4 Å². The second kappa shape index (κ2) is 9.93. The van der Waals surface area contributed by atoms with Gasteiger partial charge in [-0.15, -0.1) is 0 Å². The van der Waals surface area contributed by atoms with Crippen LogP contribution in [0.5, 0.6) is 0 Å². The highest BCUT2D eigenvalue weighted by Crippen LogP contribution is 2.32. The lowest BCUT2D eigenvalue weighted by Crippen LogP contribution is -2.31. The average Bonchev–Trinajstić information content (AvgIpc) is 3.35. The van der Waals surface area contributed by atoms with E-state index in [0.717, 1.165) is 19.3 Å². The van der Waals surface area contributed by atoms with Gasteiger partial charge in [0.2, 0.25) is 0 Å². The van der Waals surface area contributed by atoms with Gasteiger partial charge >= 0.3 is 6.18 Å². The number of H-pyrrole nitrogens is 1. The molecule has 5 aromatic rings. The Morgan fingerprint density at radius 1 is 1.10 bits per heavy atom. The summed E-state index contributed by atoms with van der Waals surface area (Å²) in [6.45, 7) is 1.92. The molecular formula is C25H22F4N8O2. The van der Waals surface area contributed by atoms with Gasteiger partial charge in [-0.1, -0.05) is 0 Å². The number of aromatic nitrogens is 7. The van der Waals surface area contributed by atoms with Crippen molar-refractivity contribution in [3.8, 4) is 11.4 Å². The molecule has 0 fully saturated rings. The van der Waals surface area contributed by atoms with E-state index in [9.17, 15) is 22.8 Å². The molecule has 0 aliphatic rings. The molecule has 0 aliphatic carbocycles. The number of pyridine rings is 1. The zero-order chi connectivity index (χ0) is 27.9. The van der Waals surface area contributed by atoms with Crippen LogP contribution in [0.2, 0.25) is 0 Å². The van der Waals surface area contributed by atoms with Gasteiger partial charge < -0.3 is 9.88 Å². The minimum absolute atomic E-state index is 0.138. The van der Waals surface area contributed by atoms with Gasteiger partial charge in [-0.3, -0.25) is 14.7 Å². The first-order valence-corrected chi connectivity index (χ1v) is 11.9. The molecule has 0 radical (unpaired) electrons. The van der Waals surface area contributed by atoms with Crippen LogP contribution in [0.4, 0.5) is 23.2 Å². The Bertz CT molecular complexity index is 1810. The minimum Gasteiger partial charge on any atom is -0.381 e. The van der Waals surface area contributed by atoms with Crippen molar-refractivity contribution in [1.82, 2.24) is 34.5 Å². The summed E-state index contributed by atoms with van der Waals surface area (Å²) in [5.74, 6) is -0.505. The molecule has 202 valence electrons. The summed E-state index contributed by atoms with van der Waals surface area (Å²) in [7, 11) is 1.15. The van der Waals surface area contributed by atoms with Crippen LogP contribution < -0.4 is 16.4 Å². The van der Waals surface area contributed by atoms with E-state index < -0.39 is 40.4 Å². The van der Waals surface area contributed by atoms with Gasteiger partial charge in [0.05, 0.1) is 34.4 Å². The highest BCUT2D eigenvalue weighted by Gasteiger charge is 2.38. The quantitative estimate of drug-likeness (QED) is 0.299.